The summed E-state index contributed by atoms with van der Waals surface area (Å²) in [6.45, 7) is 1.73. The van der Waals surface area contributed by atoms with Gasteiger partial charge in [-0.3, -0.25) is 9.48 Å². The average molecular weight is 317 g/mol. The fourth-order valence-electron chi connectivity index (χ4n) is 1.48. The molecule has 0 unspecified atom stereocenters. The molecule has 0 bridgehead atoms. The van der Waals surface area contributed by atoms with Crippen molar-refractivity contribution in [3.05, 3.63) is 37.8 Å². The van der Waals surface area contributed by atoms with Gasteiger partial charge in [0.25, 0.3) is 5.91 Å². The average Bonchev–Trinajstić information content (AvgIpc) is 2.84. The van der Waals surface area contributed by atoms with E-state index in [4.69, 9.17) is 23.2 Å². The van der Waals surface area contributed by atoms with E-state index in [1.54, 1.807) is 20.0 Å². The normalized spacial score (nSPS) is 11.2. The molecule has 2 rings (SSSR count). The lowest BCUT2D eigenvalue weighted by atomic mass is 10.3. The van der Waals surface area contributed by atoms with Gasteiger partial charge in [-0.15, -0.1) is 11.3 Å². The van der Waals surface area contributed by atoms with Gasteiger partial charge >= 0.3 is 0 Å². The molecule has 0 aliphatic heterocycles. The standard InChI is InChI=1S/C11H10Cl2N4OS/c1-6-9(13)10(17(2)16-6)11(18)15-14-5-7-3-4-8(12)19-7/h3-5H,1-2H3,(H,15,18)/b14-5+. The first kappa shape index (κ1) is 14.0. The largest absolute Gasteiger partial charge is 0.291 e. The van der Waals surface area contributed by atoms with Gasteiger partial charge in [0, 0.05) is 11.9 Å². The zero-order valence-electron chi connectivity index (χ0n) is 10.1. The van der Waals surface area contributed by atoms with Crippen molar-refractivity contribution in [2.45, 2.75) is 6.92 Å². The molecule has 2 heterocycles. The van der Waals surface area contributed by atoms with Crippen LogP contribution in [0.3, 0.4) is 0 Å². The van der Waals surface area contributed by atoms with E-state index in [1.165, 1.54) is 22.2 Å². The first-order valence-corrected chi connectivity index (χ1v) is 6.84. The van der Waals surface area contributed by atoms with Gasteiger partial charge in [-0.1, -0.05) is 23.2 Å². The second-order valence-corrected chi connectivity index (χ2v) is 5.84. The molecule has 8 heteroatoms. The maximum atomic E-state index is 11.9. The maximum Gasteiger partial charge on any atom is 0.291 e. The van der Waals surface area contributed by atoms with Gasteiger partial charge in [0.15, 0.2) is 0 Å². The third-order valence-electron chi connectivity index (χ3n) is 2.32. The van der Waals surface area contributed by atoms with Gasteiger partial charge in [0.2, 0.25) is 0 Å². The number of carbonyl (C=O) groups is 1. The Hall–Kier alpha value is -1.37. The van der Waals surface area contributed by atoms with Crippen LogP contribution in [-0.4, -0.2) is 21.9 Å². The topological polar surface area (TPSA) is 59.3 Å². The van der Waals surface area contributed by atoms with Gasteiger partial charge in [0.05, 0.1) is 21.3 Å². The number of aromatic nitrogens is 2. The number of amides is 1. The smallest absolute Gasteiger partial charge is 0.266 e. The van der Waals surface area contributed by atoms with Gasteiger partial charge in [-0.05, 0) is 19.1 Å². The highest BCUT2D eigenvalue weighted by Crippen LogP contribution is 2.20. The van der Waals surface area contributed by atoms with Crippen LogP contribution in [-0.2, 0) is 7.05 Å². The number of hydrazone groups is 1. The highest BCUT2D eigenvalue weighted by Gasteiger charge is 2.17. The molecule has 0 saturated carbocycles. The molecule has 0 fully saturated rings. The van der Waals surface area contributed by atoms with E-state index >= 15 is 0 Å². The molecule has 0 aliphatic carbocycles. The van der Waals surface area contributed by atoms with Crippen LogP contribution in [0.2, 0.25) is 9.36 Å². The molecule has 0 saturated heterocycles. The first-order valence-electron chi connectivity index (χ1n) is 5.27. The minimum Gasteiger partial charge on any atom is -0.266 e. The van der Waals surface area contributed by atoms with Crippen LogP contribution in [0.4, 0.5) is 0 Å². The number of aryl methyl sites for hydroxylation is 2. The molecule has 2 aromatic heterocycles. The molecular weight excluding hydrogens is 307 g/mol. The highest BCUT2D eigenvalue weighted by molar-refractivity contribution is 7.17. The van der Waals surface area contributed by atoms with Gasteiger partial charge < -0.3 is 0 Å². The van der Waals surface area contributed by atoms with Crippen LogP contribution in [0.1, 0.15) is 21.1 Å². The Balaban J connectivity index is 2.07. The zero-order chi connectivity index (χ0) is 14.0. The summed E-state index contributed by atoms with van der Waals surface area (Å²) < 4.78 is 2.09. The summed E-state index contributed by atoms with van der Waals surface area (Å²) in [6, 6.07) is 3.57. The van der Waals surface area contributed by atoms with Crippen molar-refractivity contribution in [3.8, 4) is 0 Å². The number of hydrogen-bond donors (Lipinski definition) is 1. The predicted octanol–water partition coefficient (Wildman–Crippen LogP) is 2.86. The number of halogens is 2. The minimum absolute atomic E-state index is 0.278. The molecule has 100 valence electrons. The van der Waals surface area contributed by atoms with Gasteiger partial charge in [0.1, 0.15) is 5.69 Å². The Bertz CT molecular complexity index is 647. The lowest BCUT2D eigenvalue weighted by Crippen LogP contribution is -2.21. The van der Waals surface area contributed by atoms with Gasteiger partial charge in [-0.2, -0.15) is 10.2 Å². The Morgan fingerprint density at radius 2 is 2.26 bits per heavy atom. The van der Waals surface area contributed by atoms with Crippen LogP contribution >= 0.6 is 34.5 Å². The predicted molar refractivity (Wildman–Crippen MR) is 77.3 cm³/mol. The number of nitrogens with one attached hydrogen (secondary N) is 1. The molecule has 1 amide bonds. The number of rotatable bonds is 3. The van der Waals surface area contributed by atoms with Crippen molar-refractivity contribution in [1.82, 2.24) is 15.2 Å². The molecular formula is C11H10Cl2N4OS. The number of carbonyl (C=O) groups excluding carboxylic acids is 1. The second kappa shape index (κ2) is 5.73. The van der Waals surface area contributed by atoms with Crippen molar-refractivity contribution in [3.63, 3.8) is 0 Å². The number of thiophene rings is 1. The molecule has 0 spiro atoms. The molecule has 1 N–H and O–H groups in total. The summed E-state index contributed by atoms with van der Waals surface area (Å²) in [5, 5.41) is 8.24. The Labute approximate surface area is 123 Å². The maximum absolute atomic E-state index is 11.9. The van der Waals surface area contributed by atoms with E-state index in [0.29, 0.717) is 15.1 Å². The van der Waals surface area contributed by atoms with E-state index in [0.717, 1.165) is 4.88 Å². The monoisotopic (exact) mass is 316 g/mol. The van der Waals surface area contributed by atoms with Crippen molar-refractivity contribution >= 4 is 46.7 Å². The number of nitrogens with zero attached hydrogens (tertiary/aromatic N) is 3. The van der Waals surface area contributed by atoms with E-state index < -0.39 is 5.91 Å². The summed E-state index contributed by atoms with van der Waals surface area (Å²) in [5.41, 5.74) is 3.28. The van der Waals surface area contributed by atoms with Crippen molar-refractivity contribution in [1.29, 1.82) is 0 Å². The number of hydrogen-bond acceptors (Lipinski definition) is 4. The molecule has 0 aromatic carbocycles. The molecule has 0 atom stereocenters. The van der Waals surface area contributed by atoms with Crippen molar-refractivity contribution < 1.29 is 4.79 Å². The summed E-state index contributed by atoms with van der Waals surface area (Å²) in [4.78, 5) is 12.7. The lowest BCUT2D eigenvalue weighted by molar-refractivity contribution is 0.0946. The van der Waals surface area contributed by atoms with Crippen LogP contribution in [0.5, 0.6) is 0 Å². The Kier molecular flexibility index (Phi) is 4.24. The third-order valence-corrected chi connectivity index (χ3v) is 3.93. The van der Waals surface area contributed by atoms with Crippen molar-refractivity contribution in [2.24, 2.45) is 12.1 Å². The summed E-state index contributed by atoms with van der Waals surface area (Å²) >= 11 is 13.1. The lowest BCUT2D eigenvalue weighted by Gasteiger charge is -2.00. The third kappa shape index (κ3) is 3.15. The second-order valence-electron chi connectivity index (χ2n) is 3.71. The van der Waals surface area contributed by atoms with E-state index in [9.17, 15) is 4.79 Å². The van der Waals surface area contributed by atoms with Crippen LogP contribution in [0.25, 0.3) is 0 Å². The summed E-state index contributed by atoms with van der Waals surface area (Å²) in [7, 11) is 1.65. The molecule has 0 radical (unpaired) electrons. The zero-order valence-corrected chi connectivity index (χ0v) is 12.5. The summed E-state index contributed by atoms with van der Waals surface area (Å²) in [6.07, 6.45) is 1.52. The van der Waals surface area contributed by atoms with Crippen molar-refractivity contribution in [2.75, 3.05) is 0 Å². The first-order chi connectivity index (χ1) is 8.99. The SMILES string of the molecule is Cc1nn(C)c(C(=O)N/N=C/c2ccc(Cl)s2)c1Cl. The van der Waals surface area contributed by atoms with E-state index in [2.05, 4.69) is 15.6 Å². The quantitative estimate of drug-likeness (QED) is 0.699. The van der Waals surface area contributed by atoms with Crippen LogP contribution in [0, 0.1) is 6.92 Å². The van der Waals surface area contributed by atoms with E-state index in [-0.39, 0.29) is 5.69 Å². The fraction of sp³-hybridized carbons (Fsp3) is 0.182. The molecule has 2 aromatic rings. The Morgan fingerprint density at radius 3 is 2.79 bits per heavy atom. The summed E-state index contributed by atoms with van der Waals surface area (Å²) in [5.74, 6) is -0.410. The van der Waals surface area contributed by atoms with Crippen LogP contribution < -0.4 is 5.43 Å². The fourth-order valence-corrected chi connectivity index (χ4v) is 2.66. The Morgan fingerprint density at radius 1 is 1.53 bits per heavy atom. The van der Waals surface area contributed by atoms with Gasteiger partial charge in [-0.25, -0.2) is 5.43 Å². The molecule has 5 nitrogen and oxygen atoms in total. The molecule has 19 heavy (non-hydrogen) atoms. The van der Waals surface area contributed by atoms with Crippen LogP contribution in [0.15, 0.2) is 17.2 Å². The molecule has 0 aliphatic rings. The van der Waals surface area contributed by atoms with E-state index in [1.807, 2.05) is 6.07 Å². The highest BCUT2D eigenvalue weighted by atomic mass is 35.5. The minimum atomic E-state index is -0.410.